The van der Waals surface area contributed by atoms with Gasteiger partial charge in [-0.2, -0.15) is 0 Å². The van der Waals surface area contributed by atoms with Crippen LogP contribution in [0.15, 0.2) is 24.3 Å². The second-order valence-electron chi connectivity index (χ2n) is 4.27. The molecule has 1 rings (SSSR count). The van der Waals surface area contributed by atoms with Crippen molar-refractivity contribution in [2.45, 2.75) is 39.8 Å². The molecule has 0 N–H and O–H groups in total. The number of carbonyl (C=O) groups is 1. The van der Waals surface area contributed by atoms with Gasteiger partial charge in [-0.15, -0.1) is 0 Å². The van der Waals surface area contributed by atoms with Crippen LogP contribution in [0.3, 0.4) is 0 Å². The Morgan fingerprint density at radius 2 is 1.94 bits per heavy atom. The molecular weight excluding hydrogens is 202 g/mol. The summed E-state index contributed by atoms with van der Waals surface area (Å²) in [7, 11) is 0. The Kier molecular flexibility index (Phi) is 4.35. The maximum Gasteiger partial charge on any atom is 0.214 e. The van der Waals surface area contributed by atoms with Gasteiger partial charge in [0.15, 0.2) is 0 Å². The Bertz CT molecular complexity index is 348. The first-order valence-electron chi connectivity index (χ1n) is 5.55. The monoisotopic (exact) mass is 221 g/mol. The minimum atomic E-state index is 0.138. The molecule has 0 aliphatic heterocycles. The Balaban J connectivity index is 2.92. The number of nitrogens with zero attached hydrogens (tertiary/aromatic N) is 1. The number of carbonyl (C=O) groups excluding carboxylic acids is 1. The van der Waals surface area contributed by atoms with Crippen molar-refractivity contribution in [3.63, 3.8) is 0 Å². The van der Waals surface area contributed by atoms with E-state index in [1.807, 2.05) is 52.0 Å². The Morgan fingerprint density at radius 3 is 2.44 bits per heavy atom. The van der Waals surface area contributed by atoms with Gasteiger partial charge in [0.25, 0.3) is 0 Å². The van der Waals surface area contributed by atoms with Crippen molar-refractivity contribution in [2.24, 2.45) is 0 Å². The van der Waals surface area contributed by atoms with Crippen LogP contribution in [0.4, 0.5) is 5.69 Å². The van der Waals surface area contributed by atoms with E-state index in [4.69, 9.17) is 4.74 Å². The third-order valence-electron chi connectivity index (χ3n) is 2.16. The predicted octanol–water partition coefficient (Wildman–Crippen LogP) is 2.85. The lowest BCUT2D eigenvalue weighted by atomic mass is 10.2. The molecule has 0 saturated heterocycles. The molecule has 0 aliphatic carbocycles. The number of ether oxygens (including phenoxy) is 1. The summed E-state index contributed by atoms with van der Waals surface area (Å²) in [5, 5.41) is 0. The van der Waals surface area contributed by atoms with Crippen molar-refractivity contribution in [1.82, 2.24) is 0 Å². The summed E-state index contributed by atoms with van der Waals surface area (Å²) in [4.78, 5) is 12.6. The summed E-state index contributed by atoms with van der Waals surface area (Å²) in [6.07, 6.45) is 0.984. The minimum absolute atomic E-state index is 0.138. The van der Waals surface area contributed by atoms with E-state index in [1.165, 1.54) is 0 Å². The lowest BCUT2D eigenvalue weighted by Gasteiger charge is -2.22. The van der Waals surface area contributed by atoms with Crippen LogP contribution in [-0.4, -0.2) is 18.6 Å². The molecule has 0 heterocycles. The highest BCUT2D eigenvalue weighted by Gasteiger charge is 2.10. The highest BCUT2D eigenvalue weighted by Crippen LogP contribution is 2.22. The van der Waals surface area contributed by atoms with Crippen LogP contribution in [0.5, 0.6) is 5.75 Å². The van der Waals surface area contributed by atoms with Crippen molar-refractivity contribution >= 4 is 12.1 Å². The van der Waals surface area contributed by atoms with Crippen LogP contribution in [0.25, 0.3) is 0 Å². The quantitative estimate of drug-likeness (QED) is 0.715. The highest BCUT2D eigenvalue weighted by atomic mass is 16.5. The Morgan fingerprint density at radius 1 is 1.25 bits per heavy atom. The van der Waals surface area contributed by atoms with Gasteiger partial charge in [-0.1, -0.05) is 6.07 Å². The molecular formula is C13H19NO2. The zero-order valence-corrected chi connectivity index (χ0v) is 10.3. The van der Waals surface area contributed by atoms with Gasteiger partial charge in [0.2, 0.25) is 6.41 Å². The second-order valence-corrected chi connectivity index (χ2v) is 4.27. The number of amides is 1. The molecule has 0 fully saturated rings. The SMILES string of the molecule is CC(C)Oc1cccc(N(C=O)C(C)C)c1. The fourth-order valence-electron chi connectivity index (χ4n) is 1.47. The smallest absolute Gasteiger partial charge is 0.214 e. The molecule has 0 spiro atoms. The van der Waals surface area contributed by atoms with E-state index in [9.17, 15) is 4.79 Å². The second kappa shape index (κ2) is 5.54. The van der Waals surface area contributed by atoms with Crippen LogP contribution in [0.1, 0.15) is 27.7 Å². The van der Waals surface area contributed by atoms with Gasteiger partial charge in [-0.05, 0) is 39.8 Å². The van der Waals surface area contributed by atoms with Gasteiger partial charge in [-0.3, -0.25) is 4.79 Å². The van der Waals surface area contributed by atoms with E-state index in [-0.39, 0.29) is 12.1 Å². The fourth-order valence-corrected chi connectivity index (χ4v) is 1.47. The van der Waals surface area contributed by atoms with Crippen molar-refractivity contribution in [3.05, 3.63) is 24.3 Å². The summed E-state index contributed by atoms with van der Waals surface area (Å²) >= 11 is 0. The zero-order valence-electron chi connectivity index (χ0n) is 10.3. The molecule has 0 saturated carbocycles. The van der Waals surface area contributed by atoms with Crippen LogP contribution >= 0.6 is 0 Å². The average molecular weight is 221 g/mol. The van der Waals surface area contributed by atoms with Crippen molar-refractivity contribution in [2.75, 3.05) is 4.90 Å². The first-order valence-corrected chi connectivity index (χ1v) is 5.55. The molecule has 0 aliphatic rings. The molecule has 3 heteroatoms. The maximum atomic E-state index is 11.0. The topological polar surface area (TPSA) is 29.5 Å². The highest BCUT2D eigenvalue weighted by molar-refractivity contribution is 5.76. The number of benzene rings is 1. The first kappa shape index (κ1) is 12.6. The van der Waals surface area contributed by atoms with Crippen molar-refractivity contribution in [1.29, 1.82) is 0 Å². The molecule has 0 unspecified atom stereocenters. The summed E-state index contributed by atoms with van der Waals surface area (Å²) in [5.74, 6) is 0.792. The van der Waals surface area contributed by atoms with Gasteiger partial charge < -0.3 is 9.64 Å². The third kappa shape index (κ3) is 3.26. The van der Waals surface area contributed by atoms with Gasteiger partial charge in [-0.25, -0.2) is 0 Å². The van der Waals surface area contributed by atoms with Crippen LogP contribution in [-0.2, 0) is 4.79 Å². The van der Waals surface area contributed by atoms with Crippen LogP contribution in [0, 0.1) is 0 Å². The summed E-state index contributed by atoms with van der Waals surface area (Å²) in [5.41, 5.74) is 0.864. The normalized spacial score (nSPS) is 10.6. The standard InChI is InChI=1S/C13H19NO2/c1-10(2)14(9-15)12-6-5-7-13(8-12)16-11(3)4/h5-11H,1-4H3. The van der Waals surface area contributed by atoms with E-state index < -0.39 is 0 Å². The summed E-state index contributed by atoms with van der Waals surface area (Å²) in [6, 6.07) is 7.72. The van der Waals surface area contributed by atoms with E-state index >= 15 is 0 Å². The Hall–Kier alpha value is -1.51. The zero-order chi connectivity index (χ0) is 12.1. The molecule has 0 atom stereocenters. The van der Waals surface area contributed by atoms with Gasteiger partial charge in [0.1, 0.15) is 5.75 Å². The number of hydrogen-bond acceptors (Lipinski definition) is 2. The van der Waals surface area contributed by atoms with Crippen LogP contribution < -0.4 is 9.64 Å². The van der Waals surface area contributed by atoms with E-state index in [1.54, 1.807) is 4.90 Å². The maximum absolute atomic E-state index is 11.0. The molecule has 88 valence electrons. The molecule has 0 radical (unpaired) electrons. The molecule has 1 aromatic rings. The molecule has 3 nitrogen and oxygen atoms in total. The third-order valence-corrected chi connectivity index (χ3v) is 2.16. The molecule has 1 aromatic carbocycles. The minimum Gasteiger partial charge on any atom is -0.491 e. The molecule has 0 bridgehead atoms. The van der Waals surface area contributed by atoms with Crippen molar-refractivity contribution < 1.29 is 9.53 Å². The van der Waals surface area contributed by atoms with Gasteiger partial charge >= 0.3 is 0 Å². The number of hydrogen-bond donors (Lipinski definition) is 0. The van der Waals surface area contributed by atoms with Gasteiger partial charge in [0.05, 0.1) is 6.10 Å². The van der Waals surface area contributed by atoms with E-state index in [2.05, 4.69) is 0 Å². The largest absolute Gasteiger partial charge is 0.491 e. The summed E-state index contributed by atoms with van der Waals surface area (Å²) in [6.45, 7) is 7.91. The Labute approximate surface area is 97.0 Å². The fraction of sp³-hybridized carbons (Fsp3) is 0.462. The van der Waals surface area contributed by atoms with E-state index in [0.29, 0.717) is 0 Å². The number of rotatable bonds is 5. The molecule has 0 aromatic heterocycles. The predicted molar refractivity (Wildman–Crippen MR) is 65.9 cm³/mol. The first-order chi connectivity index (χ1) is 7.54. The lowest BCUT2D eigenvalue weighted by Crippen LogP contribution is -2.28. The number of anilines is 1. The molecule has 16 heavy (non-hydrogen) atoms. The van der Waals surface area contributed by atoms with Crippen molar-refractivity contribution in [3.8, 4) is 5.75 Å². The average Bonchev–Trinajstić information content (AvgIpc) is 2.17. The molecule has 1 amide bonds. The lowest BCUT2D eigenvalue weighted by molar-refractivity contribution is -0.107. The summed E-state index contributed by atoms with van der Waals surface area (Å²) < 4.78 is 5.59. The van der Waals surface area contributed by atoms with Gasteiger partial charge in [0, 0.05) is 17.8 Å². The van der Waals surface area contributed by atoms with Crippen LogP contribution in [0.2, 0.25) is 0 Å². The van der Waals surface area contributed by atoms with E-state index in [0.717, 1.165) is 17.8 Å².